The molecular weight excluding hydrogens is 264 g/mol. The molecule has 0 aliphatic carbocycles. The smallest absolute Gasteiger partial charge is 0.101 e. The Morgan fingerprint density at radius 1 is 1.25 bits per heavy atom. The Labute approximate surface area is 105 Å². The average molecular weight is 281 g/mol. The second-order valence-corrected chi connectivity index (χ2v) is 4.99. The van der Waals surface area contributed by atoms with Crippen molar-refractivity contribution in [1.29, 1.82) is 0 Å². The van der Waals surface area contributed by atoms with Crippen molar-refractivity contribution in [2.45, 2.75) is 32.6 Å². The van der Waals surface area contributed by atoms with E-state index in [1.807, 2.05) is 0 Å². The monoisotopic (exact) mass is 280 g/mol. The van der Waals surface area contributed by atoms with E-state index in [4.69, 9.17) is 0 Å². The Bertz CT molecular complexity index is 399. The lowest BCUT2D eigenvalue weighted by atomic mass is 10.2. The van der Waals surface area contributed by atoms with Gasteiger partial charge in [-0.15, -0.1) is 0 Å². The zero-order chi connectivity index (χ0) is 11.4. The van der Waals surface area contributed by atoms with Crippen molar-refractivity contribution < 1.29 is 0 Å². The van der Waals surface area contributed by atoms with E-state index < -0.39 is 0 Å². The number of hydrogen-bond acceptors (Lipinski definition) is 2. The van der Waals surface area contributed by atoms with Gasteiger partial charge in [-0.05, 0) is 47.3 Å². The molecule has 0 saturated carbocycles. The van der Waals surface area contributed by atoms with Gasteiger partial charge >= 0.3 is 0 Å². The van der Waals surface area contributed by atoms with Gasteiger partial charge in [-0.25, -0.2) is 0 Å². The van der Waals surface area contributed by atoms with Gasteiger partial charge < -0.3 is 5.32 Å². The SMILES string of the molecule is Cc1cccc(NC2=NCCCCC2)c1Br. The fraction of sp³-hybridized carbons (Fsp3) is 0.462. The maximum absolute atomic E-state index is 4.57. The zero-order valence-electron chi connectivity index (χ0n) is 9.59. The summed E-state index contributed by atoms with van der Waals surface area (Å²) >= 11 is 3.61. The van der Waals surface area contributed by atoms with Crippen LogP contribution in [0, 0.1) is 6.92 Å². The molecule has 86 valence electrons. The van der Waals surface area contributed by atoms with Crippen molar-refractivity contribution in [3.8, 4) is 0 Å². The summed E-state index contributed by atoms with van der Waals surface area (Å²) in [7, 11) is 0. The molecule has 2 nitrogen and oxygen atoms in total. The maximum atomic E-state index is 4.57. The number of nitrogens with one attached hydrogen (secondary N) is 1. The molecule has 0 atom stereocenters. The minimum absolute atomic E-state index is 0.964. The molecule has 1 heterocycles. The van der Waals surface area contributed by atoms with Crippen molar-refractivity contribution in [2.24, 2.45) is 4.99 Å². The summed E-state index contributed by atoms with van der Waals surface area (Å²) in [4.78, 5) is 4.57. The summed E-state index contributed by atoms with van der Waals surface area (Å²) in [5, 5.41) is 3.43. The number of halogens is 1. The molecule has 0 saturated heterocycles. The number of aryl methyl sites for hydroxylation is 1. The number of amidine groups is 1. The summed E-state index contributed by atoms with van der Waals surface area (Å²) in [5.41, 5.74) is 2.37. The van der Waals surface area contributed by atoms with E-state index in [0.29, 0.717) is 0 Å². The predicted molar refractivity (Wildman–Crippen MR) is 73.3 cm³/mol. The molecule has 2 rings (SSSR count). The first-order valence-electron chi connectivity index (χ1n) is 5.83. The van der Waals surface area contributed by atoms with E-state index in [2.05, 4.69) is 51.4 Å². The van der Waals surface area contributed by atoms with Crippen molar-refractivity contribution in [3.05, 3.63) is 28.2 Å². The molecule has 1 aromatic rings. The molecular formula is C13H17BrN2. The Balaban J connectivity index is 2.13. The normalized spacial score (nSPS) is 16.5. The number of nitrogens with zero attached hydrogens (tertiary/aromatic N) is 1. The van der Waals surface area contributed by atoms with Crippen LogP contribution in [0.4, 0.5) is 5.69 Å². The standard InChI is InChI=1S/C13H17BrN2/c1-10-6-5-7-11(13(10)14)16-12-8-3-2-4-9-15-12/h5-7H,2-4,8-9H2,1H3,(H,15,16). The number of aliphatic imine (C=N–C) groups is 1. The van der Waals surface area contributed by atoms with Gasteiger partial charge in [0.1, 0.15) is 5.84 Å². The minimum atomic E-state index is 0.964. The van der Waals surface area contributed by atoms with Crippen LogP contribution in [0.15, 0.2) is 27.7 Å². The van der Waals surface area contributed by atoms with E-state index >= 15 is 0 Å². The fourth-order valence-corrected chi connectivity index (χ4v) is 2.24. The summed E-state index contributed by atoms with van der Waals surface area (Å²) in [5.74, 6) is 1.13. The van der Waals surface area contributed by atoms with Crippen LogP contribution in [0.1, 0.15) is 31.2 Å². The summed E-state index contributed by atoms with van der Waals surface area (Å²) < 4.78 is 1.14. The molecule has 0 unspecified atom stereocenters. The second kappa shape index (κ2) is 5.48. The van der Waals surface area contributed by atoms with Gasteiger partial charge in [-0.3, -0.25) is 4.99 Å². The molecule has 0 radical (unpaired) electrons. The van der Waals surface area contributed by atoms with Crippen LogP contribution in [0.5, 0.6) is 0 Å². The predicted octanol–water partition coefficient (Wildman–Crippen LogP) is 4.14. The van der Waals surface area contributed by atoms with Crippen LogP contribution in [0.3, 0.4) is 0 Å². The van der Waals surface area contributed by atoms with Crippen LogP contribution >= 0.6 is 15.9 Å². The lowest BCUT2D eigenvalue weighted by Crippen LogP contribution is -2.12. The van der Waals surface area contributed by atoms with Crippen LogP contribution in [-0.2, 0) is 0 Å². The van der Waals surface area contributed by atoms with Crippen molar-refractivity contribution in [1.82, 2.24) is 0 Å². The molecule has 16 heavy (non-hydrogen) atoms. The van der Waals surface area contributed by atoms with Crippen LogP contribution in [-0.4, -0.2) is 12.4 Å². The van der Waals surface area contributed by atoms with Gasteiger partial charge in [-0.2, -0.15) is 0 Å². The van der Waals surface area contributed by atoms with E-state index in [9.17, 15) is 0 Å². The number of benzene rings is 1. The molecule has 0 amide bonds. The third kappa shape index (κ3) is 2.85. The molecule has 1 aromatic carbocycles. The highest BCUT2D eigenvalue weighted by atomic mass is 79.9. The van der Waals surface area contributed by atoms with Crippen molar-refractivity contribution in [2.75, 3.05) is 11.9 Å². The molecule has 0 bridgehead atoms. The summed E-state index contributed by atoms with van der Waals surface area (Å²) in [6.07, 6.45) is 4.83. The van der Waals surface area contributed by atoms with Gasteiger partial charge in [0.2, 0.25) is 0 Å². The Morgan fingerprint density at radius 3 is 3.00 bits per heavy atom. The van der Waals surface area contributed by atoms with Crippen LogP contribution in [0.2, 0.25) is 0 Å². The van der Waals surface area contributed by atoms with Crippen LogP contribution in [0.25, 0.3) is 0 Å². The number of hydrogen-bond donors (Lipinski definition) is 1. The quantitative estimate of drug-likeness (QED) is 0.822. The van der Waals surface area contributed by atoms with Crippen LogP contribution < -0.4 is 5.32 Å². The van der Waals surface area contributed by atoms with Gasteiger partial charge in [0, 0.05) is 17.4 Å². The van der Waals surface area contributed by atoms with E-state index in [-0.39, 0.29) is 0 Å². The fourth-order valence-electron chi connectivity index (χ4n) is 1.88. The molecule has 1 aliphatic rings. The highest BCUT2D eigenvalue weighted by Crippen LogP contribution is 2.26. The van der Waals surface area contributed by atoms with Crippen molar-refractivity contribution >= 4 is 27.5 Å². The maximum Gasteiger partial charge on any atom is 0.101 e. The number of rotatable bonds is 1. The van der Waals surface area contributed by atoms with Crippen molar-refractivity contribution in [3.63, 3.8) is 0 Å². The highest BCUT2D eigenvalue weighted by Gasteiger charge is 2.07. The lowest BCUT2D eigenvalue weighted by Gasteiger charge is -2.11. The van der Waals surface area contributed by atoms with Gasteiger partial charge in [-0.1, -0.05) is 18.6 Å². The first-order valence-corrected chi connectivity index (χ1v) is 6.62. The first kappa shape index (κ1) is 11.6. The Morgan fingerprint density at radius 2 is 2.12 bits per heavy atom. The third-order valence-electron chi connectivity index (χ3n) is 2.85. The molecule has 0 fully saturated rings. The van der Waals surface area contributed by atoms with E-state index in [1.165, 1.54) is 24.8 Å². The topological polar surface area (TPSA) is 24.4 Å². The minimum Gasteiger partial charge on any atom is -0.343 e. The molecule has 0 aromatic heterocycles. The number of anilines is 1. The molecule has 3 heteroatoms. The van der Waals surface area contributed by atoms with E-state index in [0.717, 1.165) is 29.0 Å². The summed E-state index contributed by atoms with van der Waals surface area (Å²) in [6, 6.07) is 6.26. The molecule has 0 spiro atoms. The highest BCUT2D eigenvalue weighted by molar-refractivity contribution is 9.10. The molecule has 1 N–H and O–H groups in total. The van der Waals surface area contributed by atoms with Gasteiger partial charge in [0.25, 0.3) is 0 Å². The zero-order valence-corrected chi connectivity index (χ0v) is 11.2. The first-order chi connectivity index (χ1) is 7.77. The van der Waals surface area contributed by atoms with Gasteiger partial charge in [0.15, 0.2) is 0 Å². The third-order valence-corrected chi connectivity index (χ3v) is 3.90. The largest absolute Gasteiger partial charge is 0.343 e. The Kier molecular flexibility index (Phi) is 3.99. The Hall–Kier alpha value is -0.830. The van der Waals surface area contributed by atoms with E-state index in [1.54, 1.807) is 0 Å². The molecule has 1 aliphatic heterocycles. The van der Waals surface area contributed by atoms with Gasteiger partial charge in [0.05, 0.1) is 5.69 Å². The second-order valence-electron chi connectivity index (χ2n) is 4.20. The average Bonchev–Trinajstić information content (AvgIpc) is 2.53. The lowest BCUT2D eigenvalue weighted by molar-refractivity contribution is 0.731. The summed E-state index contributed by atoms with van der Waals surface area (Å²) in [6.45, 7) is 3.07.